The molecule has 0 fully saturated rings. The van der Waals surface area contributed by atoms with E-state index >= 15 is 0 Å². The number of ether oxygens (including phenoxy) is 1. The fourth-order valence-electron chi connectivity index (χ4n) is 3.82. The summed E-state index contributed by atoms with van der Waals surface area (Å²) in [5.74, 6) is 1.02. The second-order valence-corrected chi connectivity index (χ2v) is 7.79. The van der Waals surface area contributed by atoms with E-state index in [1.807, 2.05) is 29.0 Å². The molecule has 172 valence electrons. The predicted octanol–water partition coefficient (Wildman–Crippen LogP) is 3.66. The molecule has 2 aromatic rings. The number of carbonyl (C=O) groups excluding carboxylic acids is 1. The first-order valence-electron chi connectivity index (χ1n) is 10.8. The fraction of sp³-hybridized carbons (Fsp3) is 0.417. The molecule has 0 saturated carbocycles. The number of fused-ring (bicyclic) bond motifs is 1. The van der Waals surface area contributed by atoms with Gasteiger partial charge in [0.2, 0.25) is 5.91 Å². The highest BCUT2D eigenvalue weighted by Crippen LogP contribution is 2.19. The SMILES string of the molecule is CN=C(NCCCC(=O)N1CCc2ccccc2C1)N(C)Cc1ccc(OC(F)F)cc1. The van der Waals surface area contributed by atoms with E-state index in [1.54, 1.807) is 19.2 Å². The highest BCUT2D eigenvalue weighted by atomic mass is 19.3. The lowest BCUT2D eigenvalue weighted by molar-refractivity contribution is -0.132. The van der Waals surface area contributed by atoms with Gasteiger partial charge in [-0.05, 0) is 41.7 Å². The van der Waals surface area contributed by atoms with Gasteiger partial charge in [0.05, 0.1) is 0 Å². The molecule has 0 radical (unpaired) electrons. The normalized spacial score (nSPS) is 13.7. The summed E-state index contributed by atoms with van der Waals surface area (Å²) < 4.78 is 28.9. The first kappa shape index (κ1) is 23.5. The van der Waals surface area contributed by atoms with Gasteiger partial charge >= 0.3 is 6.61 Å². The topological polar surface area (TPSA) is 57.2 Å². The van der Waals surface area contributed by atoms with Crippen LogP contribution in [0.2, 0.25) is 0 Å². The van der Waals surface area contributed by atoms with Crippen molar-refractivity contribution in [1.82, 2.24) is 15.1 Å². The van der Waals surface area contributed by atoms with Gasteiger partial charge in [0.15, 0.2) is 5.96 Å². The minimum Gasteiger partial charge on any atom is -0.435 e. The Labute approximate surface area is 187 Å². The molecule has 1 amide bonds. The Bertz CT molecular complexity index is 918. The van der Waals surface area contributed by atoms with Crippen LogP contribution in [0.15, 0.2) is 53.5 Å². The first-order chi connectivity index (χ1) is 15.5. The fourth-order valence-corrected chi connectivity index (χ4v) is 3.82. The number of halogens is 2. The Hall–Kier alpha value is -3.16. The van der Waals surface area contributed by atoms with Gasteiger partial charge < -0.3 is 19.9 Å². The monoisotopic (exact) mass is 444 g/mol. The van der Waals surface area contributed by atoms with Crippen molar-refractivity contribution >= 4 is 11.9 Å². The molecule has 0 saturated heterocycles. The maximum absolute atomic E-state index is 12.6. The minimum absolute atomic E-state index is 0.135. The maximum Gasteiger partial charge on any atom is 0.387 e. The molecule has 2 aromatic carbocycles. The summed E-state index contributed by atoms with van der Waals surface area (Å²) >= 11 is 0. The summed E-state index contributed by atoms with van der Waals surface area (Å²) in [5, 5.41) is 3.28. The number of benzene rings is 2. The molecule has 8 heteroatoms. The molecule has 1 N–H and O–H groups in total. The number of nitrogens with zero attached hydrogens (tertiary/aromatic N) is 3. The average molecular weight is 445 g/mol. The van der Waals surface area contributed by atoms with Gasteiger partial charge in [-0.1, -0.05) is 36.4 Å². The molecule has 0 aliphatic carbocycles. The van der Waals surface area contributed by atoms with Crippen LogP contribution >= 0.6 is 0 Å². The number of hydrogen-bond donors (Lipinski definition) is 1. The van der Waals surface area contributed by atoms with Crippen LogP contribution in [-0.4, -0.2) is 55.5 Å². The largest absolute Gasteiger partial charge is 0.435 e. The van der Waals surface area contributed by atoms with Crippen LogP contribution in [0.3, 0.4) is 0 Å². The molecule has 32 heavy (non-hydrogen) atoms. The van der Waals surface area contributed by atoms with Gasteiger partial charge in [-0.25, -0.2) is 0 Å². The van der Waals surface area contributed by atoms with E-state index in [0.29, 0.717) is 38.4 Å². The van der Waals surface area contributed by atoms with E-state index in [9.17, 15) is 13.6 Å². The third-order valence-corrected chi connectivity index (χ3v) is 5.48. The van der Waals surface area contributed by atoms with E-state index in [2.05, 4.69) is 27.2 Å². The third kappa shape index (κ3) is 6.67. The van der Waals surface area contributed by atoms with Gasteiger partial charge in [-0.15, -0.1) is 0 Å². The Morgan fingerprint density at radius 3 is 2.59 bits per heavy atom. The molecular weight excluding hydrogens is 414 g/mol. The van der Waals surface area contributed by atoms with Crippen molar-refractivity contribution in [3.05, 3.63) is 65.2 Å². The summed E-state index contributed by atoms with van der Waals surface area (Å²) in [6.45, 7) is -0.179. The maximum atomic E-state index is 12.6. The van der Waals surface area contributed by atoms with Crippen LogP contribution in [0.4, 0.5) is 8.78 Å². The molecule has 3 rings (SSSR count). The molecule has 1 heterocycles. The van der Waals surface area contributed by atoms with Crippen LogP contribution in [0.25, 0.3) is 0 Å². The minimum atomic E-state index is -2.83. The Morgan fingerprint density at radius 1 is 1.19 bits per heavy atom. The van der Waals surface area contributed by atoms with E-state index in [0.717, 1.165) is 18.5 Å². The number of nitrogens with one attached hydrogen (secondary N) is 1. The Kier molecular flexibility index (Phi) is 8.41. The molecule has 0 bridgehead atoms. The molecule has 0 unspecified atom stereocenters. The van der Waals surface area contributed by atoms with Crippen molar-refractivity contribution < 1.29 is 18.3 Å². The van der Waals surface area contributed by atoms with E-state index < -0.39 is 6.61 Å². The summed E-state index contributed by atoms with van der Waals surface area (Å²) in [6.07, 6.45) is 2.11. The van der Waals surface area contributed by atoms with Crippen LogP contribution in [0.5, 0.6) is 5.75 Å². The quantitative estimate of drug-likeness (QED) is 0.384. The molecular formula is C24H30F2N4O2. The summed E-state index contributed by atoms with van der Waals surface area (Å²) in [6, 6.07) is 14.8. The molecule has 0 aromatic heterocycles. The van der Waals surface area contributed by atoms with Crippen LogP contribution < -0.4 is 10.1 Å². The van der Waals surface area contributed by atoms with E-state index in [-0.39, 0.29) is 11.7 Å². The standard InChI is InChI=1S/C24H30F2N4O2/c1-27-24(29(2)16-18-9-11-21(12-10-18)32-23(25)26)28-14-5-8-22(31)30-15-13-19-6-3-4-7-20(19)17-30/h3-4,6-7,9-12,23H,5,8,13-17H2,1-2H3,(H,27,28). The van der Waals surface area contributed by atoms with Crippen molar-refractivity contribution in [3.63, 3.8) is 0 Å². The molecule has 1 aliphatic rings. The van der Waals surface area contributed by atoms with Crippen molar-refractivity contribution in [1.29, 1.82) is 0 Å². The highest BCUT2D eigenvalue weighted by Gasteiger charge is 2.19. The average Bonchev–Trinajstić information content (AvgIpc) is 2.79. The zero-order valence-corrected chi connectivity index (χ0v) is 18.6. The van der Waals surface area contributed by atoms with Gasteiger partial charge in [-0.3, -0.25) is 9.79 Å². The lowest BCUT2D eigenvalue weighted by atomic mass is 9.99. The third-order valence-electron chi connectivity index (χ3n) is 5.48. The van der Waals surface area contributed by atoms with Gasteiger partial charge in [0.1, 0.15) is 5.75 Å². The van der Waals surface area contributed by atoms with Crippen molar-refractivity contribution in [3.8, 4) is 5.75 Å². The zero-order valence-electron chi connectivity index (χ0n) is 18.6. The molecule has 1 aliphatic heterocycles. The lowest BCUT2D eigenvalue weighted by Crippen LogP contribution is -2.39. The first-order valence-corrected chi connectivity index (χ1v) is 10.8. The predicted molar refractivity (Wildman–Crippen MR) is 121 cm³/mol. The van der Waals surface area contributed by atoms with Gasteiger partial charge in [-0.2, -0.15) is 8.78 Å². The van der Waals surface area contributed by atoms with Crippen molar-refractivity contribution in [2.75, 3.05) is 27.2 Å². The summed E-state index contributed by atoms with van der Waals surface area (Å²) in [7, 11) is 3.60. The number of guanidine groups is 1. The van der Waals surface area contributed by atoms with Crippen LogP contribution in [-0.2, 0) is 24.3 Å². The highest BCUT2D eigenvalue weighted by molar-refractivity contribution is 5.80. The van der Waals surface area contributed by atoms with E-state index in [1.165, 1.54) is 23.3 Å². The molecule has 6 nitrogen and oxygen atoms in total. The van der Waals surface area contributed by atoms with Crippen LogP contribution in [0.1, 0.15) is 29.5 Å². The zero-order chi connectivity index (χ0) is 22.9. The number of amides is 1. The lowest BCUT2D eigenvalue weighted by Gasteiger charge is -2.29. The summed E-state index contributed by atoms with van der Waals surface area (Å²) in [4.78, 5) is 20.7. The van der Waals surface area contributed by atoms with E-state index in [4.69, 9.17) is 0 Å². The second-order valence-electron chi connectivity index (χ2n) is 7.79. The number of rotatable bonds is 8. The second kappa shape index (κ2) is 11.5. The van der Waals surface area contributed by atoms with Gasteiger partial charge in [0.25, 0.3) is 0 Å². The summed E-state index contributed by atoms with van der Waals surface area (Å²) in [5.41, 5.74) is 3.51. The number of hydrogen-bond acceptors (Lipinski definition) is 3. The van der Waals surface area contributed by atoms with Crippen molar-refractivity contribution in [2.45, 2.75) is 39.0 Å². The Morgan fingerprint density at radius 2 is 1.91 bits per heavy atom. The number of carbonyl (C=O) groups is 1. The van der Waals surface area contributed by atoms with Gasteiger partial charge in [0, 0.05) is 46.7 Å². The molecule has 0 atom stereocenters. The number of alkyl halides is 2. The number of aliphatic imine (C=N–C) groups is 1. The van der Waals surface area contributed by atoms with Crippen LogP contribution in [0, 0.1) is 0 Å². The molecule has 0 spiro atoms. The van der Waals surface area contributed by atoms with Crippen molar-refractivity contribution in [2.24, 2.45) is 4.99 Å². The Balaban J connectivity index is 1.40. The smallest absolute Gasteiger partial charge is 0.387 e.